The van der Waals surface area contributed by atoms with Crippen molar-refractivity contribution in [2.24, 2.45) is 0 Å². The normalized spacial score (nSPS) is 10.0. The Morgan fingerprint density at radius 3 is 3.00 bits per heavy atom. The third kappa shape index (κ3) is 3.45. The molecule has 0 saturated carbocycles. The molecular formula is C11H14FO. The molecule has 1 radical (unpaired) electrons. The second-order valence-electron chi connectivity index (χ2n) is 2.91. The first-order valence-electron chi connectivity index (χ1n) is 4.63. The third-order valence-corrected chi connectivity index (χ3v) is 1.78. The lowest BCUT2D eigenvalue weighted by Gasteiger charge is -2.05. The number of unbranched alkanes of at least 4 members (excludes halogenated alkanes) is 2. The van der Waals surface area contributed by atoms with Gasteiger partial charge in [-0.05, 0) is 24.6 Å². The Balaban J connectivity index is 2.32. The number of halogens is 1. The van der Waals surface area contributed by atoms with Crippen LogP contribution in [-0.4, -0.2) is 6.61 Å². The molecule has 0 unspecified atom stereocenters. The maximum Gasteiger partial charge on any atom is 0.165 e. The number of ether oxygens (including phenoxy) is 1. The molecule has 0 aliphatic rings. The Kier molecular flexibility index (Phi) is 4.30. The Hall–Kier alpha value is -1.05. The molecule has 13 heavy (non-hydrogen) atoms. The third-order valence-electron chi connectivity index (χ3n) is 1.78. The molecule has 0 bridgehead atoms. The van der Waals surface area contributed by atoms with Crippen LogP contribution in [0.2, 0.25) is 0 Å². The minimum atomic E-state index is -0.334. The topological polar surface area (TPSA) is 9.23 Å². The maximum atomic E-state index is 12.9. The Morgan fingerprint density at radius 1 is 1.46 bits per heavy atom. The van der Waals surface area contributed by atoms with Gasteiger partial charge in [0, 0.05) is 0 Å². The van der Waals surface area contributed by atoms with Gasteiger partial charge in [0.05, 0.1) is 6.61 Å². The van der Waals surface area contributed by atoms with Gasteiger partial charge in [-0.1, -0.05) is 25.8 Å². The van der Waals surface area contributed by atoms with Crippen molar-refractivity contribution in [1.82, 2.24) is 0 Å². The van der Waals surface area contributed by atoms with Gasteiger partial charge in [0.1, 0.15) is 0 Å². The summed E-state index contributed by atoms with van der Waals surface area (Å²) in [7, 11) is 0. The number of rotatable bonds is 5. The zero-order chi connectivity index (χ0) is 9.52. The van der Waals surface area contributed by atoms with E-state index in [0.29, 0.717) is 12.4 Å². The lowest BCUT2D eigenvalue weighted by atomic mass is 10.3. The van der Waals surface area contributed by atoms with Gasteiger partial charge in [0.15, 0.2) is 11.6 Å². The van der Waals surface area contributed by atoms with E-state index < -0.39 is 0 Å². The highest BCUT2D eigenvalue weighted by molar-refractivity contribution is 5.22. The molecule has 0 aromatic heterocycles. The molecule has 71 valence electrons. The fourth-order valence-corrected chi connectivity index (χ4v) is 1.05. The van der Waals surface area contributed by atoms with Crippen LogP contribution in [0.5, 0.6) is 5.75 Å². The van der Waals surface area contributed by atoms with Crippen LogP contribution in [0.3, 0.4) is 0 Å². The van der Waals surface area contributed by atoms with E-state index in [1.807, 2.05) is 0 Å². The van der Waals surface area contributed by atoms with Crippen LogP contribution in [0, 0.1) is 11.9 Å². The average Bonchev–Trinajstić information content (AvgIpc) is 2.15. The molecule has 0 heterocycles. The summed E-state index contributed by atoms with van der Waals surface area (Å²) in [5, 5.41) is 0. The molecule has 0 amide bonds. The molecule has 0 saturated heterocycles. The molecular weight excluding hydrogens is 167 g/mol. The molecule has 0 aliphatic heterocycles. The molecule has 0 fully saturated rings. The van der Waals surface area contributed by atoms with E-state index >= 15 is 0 Å². The molecule has 1 rings (SSSR count). The van der Waals surface area contributed by atoms with Crippen molar-refractivity contribution in [2.75, 3.05) is 6.61 Å². The van der Waals surface area contributed by atoms with Crippen LogP contribution >= 0.6 is 0 Å². The first-order valence-corrected chi connectivity index (χ1v) is 4.63. The van der Waals surface area contributed by atoms with E-state index in [-0.39, 0.29) is 5.82 Å². The number of hydrogen-bond donors (Lipinski definition) is 0. The molecule has 2 heteroatoms. The molecule has 0 spiro atoms. The van der Waals surface area contributed by atoms with Crippen molar-refractivity contribution in [3.8, 4) is 5.75 Å². The lowest BCUT2D eigenvalue weighted by molar-refractivity contribution is 0.291. The zero-order valence-electron chi connectivity index (χ0n) is 7.85. The zero-order valence-corrected chi connectivity index (χ0v) is 7.85. The SMILES string of the molecule is CCCCCOc1cc[c]cc1F. The van der Waals surface area contributed by atoms with Gasteiger partial charge in [0.2, 0.25) is 0 Å². The van der Waals surface area contributed by atoms with Crippen LogP contribution in [0.25, 0.3) is 0 Å². The largest absolute Gasteiger partial charge is 0.491 e. The van der Waals surface area contributed by atoms with Gasteiger partial charge in [-0.2, -0.15) is 0 Å². The van der Waals surface area contributed by atoms with Crippen molar-refractivity contribution in [2.45, 2.75) is 26.2 Å². The summed E-state index contributed by atoms with van der Waals surface area (Å²) in [6.45, 7) is 2.72. The quantitative estimate of drug-likeness (QED) is 0.634. The lowest BCUT2D eigenvalue weighted by Crippen LogP contribution is -1.98. The van der Waals surface area contributed by atoms with E-state index in [0.717, 1.165) is 19.3 Å². The van der Waals surface area contributed by atoms with Crippen molar-refractivity contribution >= 4 is 0 Å². The van der Waals surface area contributed by atoms with Gasteiger partial charge in [0.25, 0.3) is 0 Å². The first kappa shape index (κ1) is 10.0. The van der Waals surface area contributed by atoms with Gasteiger partial charge >= 0.3 is 0 Å². The van der Waals surface area contributed by atoms with Crippen molar-refractivity contribution in [1.29, 1.82) is 0 Å². The number of benzene rings is 1. The van der Waals surface area contributed by atoms with E-state index in [9.17, 15) is 4.39 Å². The fourth-order valence-electron chi connectivity index (χ4n) is 1.05. The van der Waals surface area contributed by atoms with Crippen molar-refractivity contribution < 1.29 is 9.13 Å². The highest BCUT2D eigenvalue weighted by atomic mass is 19.1. The molecule has 0 atom stereocenters. The summed E-state index contributed by atoms with van der Waals surface area (Å²) >= 11 is 0. The number of hydrogen-bond acceptors (Lipinski definition) is 1. The van der Waals surface area contributed by atoms with Gasteiger partial charge in [-0.15, -0.1) is 0 Å². The van der Waals surface area contributed by atoms with Gasteiger partial charge in [-0.25, -0.2) is 4.39 Å². The molecule has 0 aliphatic carbocycles. The van der Waals surface area contributed by atoms with Crippen LogP contribution in [0.1, 0.15) is 26.2 Å². The smallest absolute Gasteiger partial charge is 0.165 e. The van der Waals surface area contributed by atoms with Crippen LogP contribution in [0.4, 0.5) is 4.39 Å². The Bertz CT molecular complexity index is 248. The second-order valence-corrected chi connectivity index (χ2v) is 2.91. The maximum absolute atomic E-state index is 12.9. The molecule has 1 nitrogen and oxygen atoms in total. The van der Waals surface area contributed by atoms with Gasteiger partial charge < -0.3 is 4.74 Å². The van der Waals surface area contributed by atoms with Crippen LogP contribution < -0.4 is 4.74 Å². The van der Waals surface area contributed by atoms with E-state index in [4.69, 9.17) is 4.74 Å². The summed E-state index contributed by atoms with van der Waals surface area (Å²) in [6.07, 6.45) is 3.25. The fraction of sp³-hybridized carbons (Fsp3) is 0.455. The average molecular weight is 181 g/mol. The monoisotopic (exact) mass is 181 g/mol. The molecule has 0 N–H and O–H groups in total. The Morgan fingerprint density at radius 2 is 2.31 bits per heavy atom. The highest BCUT2D eigenvalue weighted by Gasteiger charge is 1.99. The Labute approximate surface area is 78.5 Å². The van der Waals surface area contributed by atoms with Crippen LogP contribution in [-0.2, 0) is 0 Å². The standard InChI is InChI=1S/C11H14FO/c1-2-3-6-9-13-11-8-5-4-7-10(11)12/h5,7-8H,2-3,6,9H2,1H3. The highest BCUT2D eigenvalue weighted by Crippen LogP contribution is 2.15. The van der Waals surface area contributed by atoms with Crippen molar-refractivity contribution in [3.05, 3.63) is 30.1 Å². The van der Waals surface area contributed by atoms with Gasteiger partial charge in [-0.3, -0.25) is 0 Å². The van der Waals surface area contributed by atoms with Crippen molar-refractivity contribution in [3.63, 3.8) is 0 Å². The summed E-state index contributed by atoms with van der Waals surface area (Å²) in [4.78, 5) is 0. The molecule has 1 aromatic rings. The minimum Gasteiger partial charge on any atom is -0.491 e. The predicted octanol–water partition coefficient (Wildman–Crippen LogP) is 3.19. The first-order chi connectivity index (χ1) is 6.34. The van der Waals surface area contributed by atoms with E-state index in [2.05, 4.69) is 13.0 Å². The predicted molar refractivity (Wildman–Crippen MR) is 50.3 cm³/mol. The summed E-state index contributed by atoms with van der Waals surface area (Å²) in [6, 6.07) is 7.18. The molecule has 1 aromatic carbocycles. The van der Waals surface area contributed by atoms with E-state index in [1.54, 1.807) is 12.1 Å². The summed E-state index contributed by atoms with van der Waals surface area (Å²) in [5.41, 5.74) is 0. The summed E-state index contributed by atoms with van der Waals surface area (Å²) in [5.74, 6) is -0.00569. The van der Waals surface area contributed by atoms with Crippen LogP contribution in [0.15, 0.2) is 18.2 Å². The minimum absolute atomic E-state index is 0.329. The van der Waals surface area contributed by atoms with E-state index in [1.165, 1.54) is 6.07 Å². The summed E-state index contributed by atoms with van der Waals surface area (Å²) < 4.78 is 18.2. The second kappa shape index (κ2) is 5.57.